The molecule has 0 bridgehead atoms. The molecule has 9 heteroatoms. The monoisotopic (exact) mass is 634 g/mol. The van der Waals surface area contributed by atoms with Crippen LogP contribution in [0.5, 0.6) is 5.75 Å². The second-order valence-corrected chi connectivity index (χ2v) is 9.14. The van der Waals surface area contributed by atoms with Crippen molar-refractivity contribution in [2.24, 2.45) is 0 Å². The van der Waals surface area contributed by atoms with Crippen LogP contribution in [0.2, 0.25) is 0 Å². The first kappa shape index (κ1) is 22.1. The standard InChI is InChI=1S/C20H16I2N2O4S/c1-2-17-23-24-20(28-17)29-16(19(25)26)10-13-8-14(21)18(15(22)9-13)27-11-12-6-4-3-5-7-12/h3-10H,2,11H2,1H3,(H,25,26)/b16-10-. The summed E-state index contributed by atoms with van der Waals surface area (Å²) in [6, 6.07) is 13.7. The van der Waals surface area contributed by atoms with Gasteiger partial charge in [-0.3, -0.25) is 0 Å². The van der Waals surface area contributed by atoms with Gasteiger partial charge in [-0.25, -0.2) is 4.79 Å². The summed E-state index contributed by atoms with van der Waals surface area (Å²) in [4.78, 5) is 11.8. The van der Waals surface area contributed by atoms with Crippen molar-refractivity contribution in [3.05, 3.63) is 71.5 Å². The number of aromatic nitrogens is 2. The summed E-state index contributed by atoms with van der Waals surface area (Å²) < 4.78 is 13.2. The molecule has 0 aliphatic carbocycles. The quantitative estimate of drug-likeness (QED) is 0.195. The molecule has 0 unspecified atom stereocenters. The van der Waals surface area contributed by atoms with E-state index in [4.69, 9.17) is 9.15 Å². The number of carbonyl (C=O) groups is 1. The summed E-state index contributed by atoms with van der Waals surface area (Å²) in [6.07, 6.45) is 2.19. The largest absolute Gasteiger partial charge is 0.487 e. The number of halogens is 2. The van der Waals surface area contributed by atoms with Gasteiger partial charge in [-0.2, -0.15) is 0 Å². The molecule has 6 nitrogen and oxygen atoms in total. The number of carboxylic acid groups (broad SMARTS) is 1. The van der Waals surface area contributed by atoms with Crippen molar-refractivity contribution < 1.29 is 19.1 Å². The van der Waals surface area contributed by atoms with E-state index < -0.39 is 5.97 Å². The average molecular weight is 634 g/mol. The lowest BCUT2D eigenvalue weighted by molar-refractivity contribution is -0.131. The van der Waals surface area contributed by atoms with E-state index in [2.05, 4.69) is 55.4 Å². The van der Waals surface area contributed by atoms with E-state index in [-0.39, 0.29) is 10.1 Å². The highest BCUT2D eigenvalue weighted by Crippen LogP contribution is 2.33. The fourth-order valence-electron chi connectivity index (χ4n) is 2.33. The predicted octanol–water partition coefficient (Wildman–Crippen LogP) is 5.64. The van der Waals surface area contributed by atoms with Crippen molar-refractivity contribution >= 4 is 69.0 Å². The number of thioether (sulfide) groups is 1. The first-order valence-electron chi connectivity index (χ1n) is 8.57. The number of carboxylic acids is 1. The van der Waals surface area contributed by atoms with Gasteiger partial charge in [0.05, 0.1) is 7.14 Å². The van der Waals surface area contributed by atoms with Crippen molar-refractivity contribution in [1.29, 1.82) is 0 Å². The molecule has 1 aromatic heterocycles. The molecule has 3 rings (SSSR count). The van der Waals surface area contributed by atoms with Gasteiger partial charge in [-0.05, 0) is 86.3 Å². The summed E-state index contributed by atoms with van der Waals surface area (Å²) in [5, 5.41) is 17.5. The van der Waals surface area contributed by atoms with E-state index in [9.17, 15) is 9.90 Å². The normalized spacial score (nSPS) is 11.5. The second-order valence-electron chi connectivity index (χ2n) is 5.82. The number of rotatable bonds is 8. The number of ether oxygens (including phenoxy) is 1. The maximum atomic E-state index is 11.7. The van der Waals surface area contributed by atoms with Crippen LogP contribution in [-0.2, 0) is 17.8 Å². The summed E-state index contributed by atoms with van der Waals surface area (Å²) in [5.41, 5.74) is 1.84. The number of hydrogen-bond acceptors (Lipinski definition) is 6. The van der Waals surface area contributed by atoms with Crippen LogP contribution in [-0.4, -0.2) is 21.3 Å². The number of aryl methyl sites for hydroxylation is 1. The molecule has 0 saturated carbocycles. The minimum Gasteiger partial charge on any atom is -0.487 e. The molecular weight excluding hydrogens is 618 g/mol. The van der Waals surface area contributed by atoms with E-state index >= 15 is 0 Å². The van der Waals surface area contributed by atoms with E-state index in [0.29, 0.717) is 18.9 Å². The first-order valence-corrected chi connectivity index (χ1v) is 11.5. The fourth-order valence-corrected chi connectivity index (χ4v) is 5.15. The van der Waals surface area contributed by atoms with Crippen LogP contribution in [0, 0.1) is 7.14 Å². The Labute approximate surface area is 199 Å². The first-order chi connectivity index (χ1) is 14.0. The molecule has 0 radical (unpaired) electrons. The van der Waals surface area contributed by atoms with Gasteiger partial charge in [0, 0.05) is 6.42 Å². The van der Waals surface area contributed by atoms with Gasteiger partial charge in [0.1, 0.15) is 17.3 Å². The van der Waals surface area contributed by atoms with Crippen LogP contribution in [0.3, 0.4) is 0 Å². The number of aliphatic carboxylic acids is 1. The zero-order valence-electron chi connectivity index (χ0n) is 15.3. The molecule has 150 valence electrons. The van der Waals surface area contributed by atoms with Crippen molar-refractivity contribution in [3.8, 4) is 5.75 Å². The van der Waals surface area contributed by atoms with Gasteiger partial charge in [0.15, 0.2) is 0 Å². The molecular formula is C20H16I2N2O4S. The van der Waals surface area contributed by atoms with Gasteiger partial charge >= 0.3 is 5.97 Å². The molecule has 0 saturated heterocycles. The summed E-state index contributed by atoms with van der Waals surface area (Å²) >= 11 is 5.33. The Hall–Kier alpha value is -1.60. The lowest BCUT2D eigenvalue weighted by atomic mass is 10.2. The van der Waals surface area contributed by atoms with Gasteiger partial charge < -0.3 is 14.3 Å². The number of benzene rings is 2. The van der Waals surface area contributed by atoms with Gasteiger partial charge in [0.25, 0.3) is 5.22 Å². The summed E-state index contributed by atoms with van der Waals surface area (Å²) in [6.45, 7) is 2.36. The summed E-state index contributed by atoms with van der Waals surface area (Å²) in [7, 11) is 0. The Balaban J connectivity index is 1.80. The third-order valence-corrected chi connectivity index (χ3v) is 6.16. The maximum absolute atomic E-state index is 11.7. The highest BCUT2D eigenvalue weighted by atomic mass is 127. The van der Waals surface area contributed by atoms with Crippen LogP contribution >= 0.6 is 56.9 Å². The van der Waals surface area contributed by atoms with Crippen molar-refractivity contribution in [1.82, 2.24) is 10.2 Å². The lowest BCUT2D eigenvalue weighted by Gasteiger charge is -2.12. The van der Waals surface area contributed by atoms with Crippen LogP contribution in [0.1, 0.15) is 23.9 Å². The van der Waals surface area contributed by atoms with Crippen LogP contribution in [0.25, 0.3) is 6.08 Å². The Morgan fingerprint density at radius 1 is 1.21 bits per heavy atom. The Kier molecular flexibility index (Phi) is 7.95. The fraction of sp³-hybridized carbons (Fsp3) is 0.150. The van der Waals surface area contributed by atoms with Gasteiger partial charge in [-0.1, -0.05) is 37.3 Å². The van der Waals surface area contributed by atoms with Crippen LogP contribution < -0.4 is 4.74 Å². The zero-order valence-corrected chi connectivity index (χ0v) is 20.4. The molecule has 1 N–H and O–H groups in total. The average Bonchev–Trinajstić information content (AvgIpc) is 3.15. The number of hydrogen-bond donors (Lipinski definition) is 1. The lowest BCUT2D eigenvalue weighted by Crippen LogP contribution is -2.00. The highest BCUT2D eigenvalue weighted by molar-refractivity contribution is 14.1. The highest BCUT2D eigenvalue weighted by Gasteiger charge is 2.16. The SMILES string of the molecule is CCc1nnc(S/C(=C\c2cc(I)c(OCc3ccccc3)c(I)c2)C(=O)O)o1. The smallest absolute Gasteiger partial charge is 0.342 e. The molecule has 0 aliphatic rings. The molecule has 0 spiro atoms. The third kappa shape index (κ3) is 6.19. The minimum absolute atomic E-state index is 0.0980. The van der Waals surface area contributed by atoms with Crippen molar-refractivity contribution in [2.75, 3.05) is 0 Å². The zero-order chi connectivity index (χ0) is 20.8. The van der Waals surface area contributed by atoms with E-state index in [0.717, 1.165) is 35.8 Å². The van der Waals surface area contributed by atoms with Crippen LogP contribution in [0.4, 0.5) is 0 Å². The predicted molar refractivity (Wildman–Crippen MR) is 128 cm³/mol. The molecule has 0 fully saturated rings. The Morgan fingerprint density at radius 3 is 2.48 bits per heavy atom. The molecule has 2 aromatic carbocycles. The molecule has 29 heavy (non-hydrogen) atoms. The molecule has 0 amide bonds. The maximum Gasteiger partial charge on any atom is 0.342 e. The van der Waals surface area contributed by atoms with Gasteiger partial charge in [0.2, 0.25) is 5.89 Å². The molecule has 0 aliphatic heterocycles. The molecule has 0 atom stereocenters. The Bertz CT molecular complexity index is 1010. The minimum atomic E-state index is -1.05. The van der Waals surface area contributed by atoms with E-state index in [1.54, 1.807) is 6.08 Å². The molecule has 3 aromatic rings. The van der Waals surface area contributed by atoms with E-state index in [1.165, 1.54) is 0 Å². The third-order valence-electron chi connectivity index (χ3n) is 3.70. The van der Waals surface area contributed by atoms with E-state index in [1.807, 2.05) is 49.4 Å². The van der Waals surface area contributed by atoms with Crippen molar-refractivity contribution in [2.45, 2.75) is 25.2 Å². The Morgan fingerprint density at radius 2 is 1.90 bits per heavy atom. The topological polar surface area (TPSA) is 85.5 Å². The van der Waals surface area contributed by atoms with Gasteiger partial charge in [-0.15, -0.1) is 10.2 Å². The molecule has 1 heterocycles. The van der Waals surface area contributed by atoms with Crippen LogP contribution in [0.15, 0.2) is 57.0 Å². The number of nitrogens with zero attached hydrogens (tertiary/aromatic N) is 2. The second kappa shape index (κ2) is 10.4. The van der Waals surface area contributed by atoms with Crippen molar-refractivity contribution in [3.63, 3.8) is 0 Å². The summed E-state index contributed by atoms with van der Waals surface area (Å²) in [5.74, 6) is 0.197.